The Morgan fingerprint density at radius 2 is 2.21 bits per heavy atom. The topological polar surface area (TPSA) is 77.4 Å². The Balaban J connectivity index is 1.91. The van der Waals surface area contributed by atoms with E-state index in [1.807, 2.05) is 36.9 Å². The van der Waals surface area contributed by atoms with Crippen molar-refractivity contribution < 1.29 is 14.3 Å². The second-order valence-corrected chi connectivity index (χ2v) is 5.80. The molecule has 1 unspecified atom stereocenters. The van der Waals surface area contributed by atoms with Gasteiger partial charge in [0.1, 0.15) is 5.82 Å². The molecule has 0 amide bonds. The minimum absolute atomic E-state index is 0.0973. The maximum absolute atomic E-state index is 11.8. The molecule has 1 aliphatic heterocycles. The Kier molecular flexibility index (Phi) is 4.71. The monoisotopic (exact) mass is 328 g/mol. The van der Waals surface area contributed by atoms with E-state index in [2.05, 4.69) is 15.0 Å². The number of morpholine rings is 1. The van der Waals surface area contributed by atoms with Gasteiger partial charge in [0, 0.05) is 36.3 Å². The molecule has 0 saturated carbocycles. The van der Waals surface area contributed by atoms with E-state index in [9.17, 15) is 4.79 Å². The third-order valence-electron chi connectivity index (χ3n) is 3.81. The number of carbonyl (C=O) groups excluding carboxylic acids is 1. The average molecular weight is 328 g/mol. The van der Waals surface area contributed by atoms with Gasteiger partial charge in [0.25, 0.3) is 0 Å². The number of methoxy groups -OCH3 is 1. The molecule has 0 aromatic carbocycles. The first-order chi connectivity index (χ1) is 11.6. The summed E-state index contributed by atoms with van der Waals surface area (Å²) in [5.41, 5.74) is 1.71. The van der Waals surface area contributed by atoms with Gasteiger partial charge in [-0.15, -0.1) is 0 Å². The van der Waals surface area contributed by atoms with E-state index in [4.69, 9.17) is 9.47 Å². The van der Waals surface area contributed by atoms with Crippen LogP contribution < -0.4 is 4.90 Å². The van der Waals surface area contributed by atoms with E-state index in [0.29, 0.717) is 18.9 Å². The summed E-state index contributed by atoms with van der Waals surface area (Å²) in [6, 6.07) is 5.68. The summed E-state index contributed by atoms with van der Waals surface area (Å²) in [6.07, 6.45) is 2.73. The van der Waals surface area contributed by atoms with Crippen LogP contribution in [0, 0.1) is 6.92 Å². The SMILES string of the molecule is COC(=O)C1CN(c2cc(C)nc(-c3cccnc3)n2)C[C@H](C)O1. The summed E-state index contributed by atoms with van der Waals surface area (Å²) >= 11 is 0. The number of pyridine rings is 1. The van der Waals surface area contributed by atoms with Crippen LogP contribution in [-0.2, 0) is 14.3 Å². The molecule has 7 heteroatoms. The highest BCUT2D eigenvalue weighted by molar-refractivity contribution is 5.75. The number of esters is 1. The quantitative estimate of drug-likeness (QED) is 0.792. The molecular weight excluding hydrogens is 308 g/mol. The Hall–Kier alpha value is -2.54. The summed E-state index contributed by atoms with van der Waals surface area (Å²) in [7, 11) is 1.37. The van der Waals surface area contributed by atoms with Gasteiger partial charge < -0.3 is 14.4 Å². The Morgan fingerprint density at radius 1 is 1.38 bits per heavy atom. The maximum atomic E-state index is 11.8. The van der Waals surface area contributed by atoms with Crippen molar-refractivity contribution in [1.82, 2.24) is 15.0 Å². The zero-order valence-corrected chi connectivity index (χ0v) is 14.0. The predicted octanol–water partition coefficient (Wildman–Crippen LogP) is 1.61. The molecule has 2 atom stereocenters. The van der Waals surface area contributed by atoms with E-state index in [0.717, 1.165) is 17.1 Å². The Bertz CT molecular complexity index is 723. The number of rotatable bonds is 3. The molecule has 2 aromatic rings. The first-order valence-electron chi connectivity index (χ1n) is 7.81. The number of hydrogen-bond donors (Lipinski definition) is 0. The Morgan fingerprint density at radius 3 is 2.92 bits per heavy atom. The first kappa shape index (κ1) is 16.3. The Labute approximate surface area is 140 Å². The lowest BCUT2D eigenvalue weighted by Gasteiger charge is -2.36. The van der Waals surface area contributed by atoms with Crippen LogP contribution in [0.2, 0.25) is 0 Å². The van der Waals surface area contributed by atoms with Gasteiger partial charge in [0.2, 0.25) is 0 Å². The second kappa shape index (κ2) is 6.92. The van der Waals surface area contributed by atoms with Crippen LogP contribution in [0.15, 0.2) is 30.6 Å². The van der Waals surface area contributed by atoms with Crippen LogP contribution >= 0.6 is 0 Å². The van der Waals surface area contributed by atoms with Crippen LogP contribution in [-0.4, -0.2) is 53.3 Å². The fraction of sp³-hybridized carbons (Fsp3) is 0.412. The highest BCUT2D eigenvalue weighted by Crippen LogP contribution is 2.23. The number of anilines is 1. The summed E-state index contributed by atoms with van der Waals surface area (Å²) in [5.74, 6) is 1.02. The lowest BCUT2D eigenvalue weighted by Crippen LogP contribution is -2.50. The molecule has 0 spiro atoms. The van der Waals surface area contributed by atoms with Crippen molar-refractivity contribution in [2.45, 2.75) is 26.1 Å². The molecule has 1 saturated heterocycles. The van der Waals surface area contributed by atoms with Crippen molar-refractivity contribution in [3.63, 3.8) is 0 Å². The third-order valence-corrected chi connectivity index (χ3v) is 3.81. The highest BCUT2D eigenvalue weighted by atomic mass is 16.6. The summed E-state index contributed by atoms with van der Waals surface area (Å²) < 4.78 is 10.5. The van der Waals surface area contributed by atoms with E-state index in [1.54, 1.807) is 12.4 Å². The minimum atomic E-state index is -0.615. The van der Waals surface area contributed by atoms with E-state index < -0.39 is 6.10 Å². The largest absolute Gasteiger partial charge is 0.467 e. The molecule has 3 rings (SSSR count). The van der Waals surface area contributed by atoms with Gasteiger partial charge in [-0.05, 0) is 26.0 Å². The third kappa shape index (κ3) is 3.51. The normalized spacial score (nSPS) is 20.7. The number of aromatic nitrogens is 3. The van der Waals surface area contributed by atoms with Gasteiger partial charge in [-0.25, -0.2) is 14.8 Å². The molecule has 126 valence electrons. The number of ether oxygens (including phenoxy) is 2. The van der Waals surface area contributed by atoms with Crippen LogP contribution in [0.4, 0.5) is 5.82 Å². The van der Waals surface area contributed by atoms with Crippen LogP contribution in [0.25, 0.3) is 11.4 Å². The molecule has 7 nitrogen and oxygen atoms in total. The number of carbonyl (C=O) groups is 1. The van der Waals surface area contributed by atoms with Crippen molar-refractivity contribution >= 4 is 11.8 Å². The first-order valence-corrected chi connectivity index (χ1v) is 7.81. The molecule has 1 aliphatic rings. The molecule has 24 heavy (non-hydrogen) atoms. The standard InChI is InChI=1S/C17H20N4O3/c1-11-7-15(20-16(19-11)13-5-4-6-18-8-13)21-9-12(2)24-14(10-21)17(22)23-3/h4-8,12,14H,9-10H2,1-3H3/t12-,14?/m0/s1. The highest BCUT2D eigenvalue weighted by Gasteiger charge is 2.32. The summed E-state index contributed by atoms with van der Waals surface area (Å²) in [4.78, 5) is 27.1. The molecule has 0 aliphatic carbocycles. The predicted molar refractivity (Wildman–Crippen MR) is 88.6 cm³/mol. The fourth-order valence-corrected chi connectivity index (χ4v) is 2.74. The fourth-order valence-electron chi connectivity index (χ4n) is 2.74. The smallest absolute Gasteiger partial charge is 0.336 e. The molecule has 2 aromatic heterocycles. The minimum Gasteiger partial charge on any atom is -0.467 e. The molecule has 0 N–H and O–H groups in total. The number of hydrogen-bond acceptors (Lipinski definition) is 7. The van der Waals surface area contributed by atoms with Crippen LogP contribution in [0.1, 0.15) is 12.6 Å². The molecule has 0 bridgehead atoms. The summed E-state index contributed by atoms with van der Waals surface area (Å²) in [6.45, 7) is 4.90. The molecule has 3 heterocycles. The van der Waals surface area contributed by atoms with Crippen LogP contribution in [0.3, 0.4) is 0 Å². The number of nitrogens with zero attached hydrogens (tertiary/aromatic N) is 4. The van der Waals surface area contributed by atoms with Crippen molar-refractivity contribution in [1.29, 1.82) is 0 Å². The van der Waals surface area contributed by atoms with Crippen molar-refractivity contribution in [2.75, 3.05) is 25.1 Å². The van der Waals surface area contributed by atoms with Gasteiger partial charge in [-0.2, -0.15) is 0 Å². The van der Waals surface area contributed by atoms with E-state index >= 15 is 0 Å². The zero-order chi connectivity index (χ0) is 17.1. The van der Waals surface area contributed by atoms with Gasteiger partial charge >= 0.3 is 5.97 Å². The van der Waals surface area contributed by atoms with Crippen LogP contribution in [0.5, 0.6) is 0 Å². The maximum Gasteiger partial charge on any atom is 0.336 e. The van der Waals surface area contributed by atoms with Gasteiger partial charge in [-0.1, -0.05) is 0 Å². The van der Waals surface area contributed by atoms with Gasteiger partial charge in [0.05, 0.1) is 19.8 Å². The van der Waals surface area contributed by atoms with Crippen molar-refractivity contribution in [3.05, 3.63) is 36.3 Å². The lowest BCUT2D eigenvalue weighted by molar-refractivity contribution is -0.158. The van der Waals surface area contributed by atoms with E-state index in [-0.39, 0.29) is 12.1 Å². The van der Waals surface area contributed by atoms with Gasteiger partial charge in [-0.3, -0.25) is 4.98 Å². The van der Waals surface area contributed by atoms with Crippen molar-refractivity contribution in [2.24, 2.45) is 0 Å². The zero-order valence-electron chi connectivity index (χ0n) is 14.0. The van der Waals surface area contributed by atoms with Crippen molar-refractivity contribution in [3.8, 4) is 11.4 Å². The number of aryl methyl sites for hydroxylation is 1. The second-order valence-electron chi connectivity index (χ2n) is 5.80. The lowest BCUT2D eigenvalue weighted by atomic mass is 10.2. The molecule has 1 fully saturated rings. The molecular formula is C17H20N4O3. The molecule has 0 radical (unpaired) electrons. The van der Waals surface area contributed by atoms with Gasteiger partial charge in [0.15, 0.2) is 11.9 Å². The average Bonchev–Trinajstić information content (AvgIpc) is 2.60. The van der Waals surface area contributed by atoms with E-state index in [1.165, 1.54) is 7.11 Å². The summed E-state index contributed by atoms with van der Waals surface area (Å²) in [5, 5.41) is 0.